The van der Waals surface area contributed by atoms with Crippen molar-refractivity contribution in [2.45, 2.75) is 56.7 Å². The molecule has 10 heteroatoms. The van der Waals surface area contributed by atoms with Gasteiger partial charge in [-0.2, -0.15) is 0 Å². The number of aliphatic hydroxyl groups is 2. The molecule has 204 valence electrons. The van der Waals surface area contributed by atoms with Gasteiger partial charge in [0.1, 0.15) is 11.5 Å². The molecule has 0 spiro atoms. The van der Waals surface area contributed by atoms with Gasteiger partial charge < -0.3 is 20.7 Å². The van der Waals surface area contributed by atoms with Crippen LogP contribution in [0.15, 0.2) is 30.3 Å². The standard InChI is InChI=1S/C27H34Cl3NO5S/c28-19-10-17(11-20(29)12-19)4-5-18-6-8-23(30)22(18)3-1-2-21-7-9-24(37-21)26(35)36-16-27(14-32,15-33)13-25(31)34/h7,9-12,18,22-23,32-33H,1-6,8,13-16H2,(H2,31,34). The number of aliphatic hydroxyl groups excluding tert-OH is 2. The van der Waals surface area contributed by atoms with E-state index in [4.69, 9.17) is 45.3 Å². The van der Waals surface area contributed by atoms with E-state index >= 15 is 0 Å². The van der Waals surface area contributed by atoms with Crippen LogP contribution >= 0.6 is 46.1 Å². The highest BCUT2D eigenvalue weighted by Gasteiger charge is 2.34. The van der Waals surface area contributed by atoms with Gasteiger partial charge in [-0.25, -0.2) is 4.79 Å². The minimum atomic E-state index is -1.28. The molecule has 1 aromatic heterocycles. The van der Waals surface area contributed by atoms with E-state index in [-0.39, 0.29) is 18.4 Å². The Hall–Kier alpha value is -1.35. The third-order valence-electron chi connectivity index (χ3n) is 7.16. The van der Waals surface area contributed by atoms with Gasteiger partial charge in [0.25, 0.3) is 0 Å². The first-order chi connectivity index (χ1) is 17.6. The normalized spacial score (nSPS) is 19.8. The molecule has 1 saturated carbocycles. The van der Waals surface area contributed by atoms with Gasteiger partial charge >= 0.3 is 5.97 Å². The molecule has 3 atom stereocenters. The number of nitrogens with two attached hydrogens (primary N) is 1. The SMILES string of the molecule is NC(=O)CC(CO)(CO)COC(=O)c1ccc(CCCC2C(Cl)CCC2CCc2cc(Cl)cc(Cl)c2)s1. The number of aryl methyl sites for hydroxylation is 2. The molecule has 0 aliphatic heterocycles. The molecule has 1 aliphatic rings. The van der Waals surface area contributed by atoms with E-state index in [0.29, 0.717) is 26.8 Å². The molecule has 0 saturated heterocycles. The fourth-order valence-corrected chi connectivity index (χ4v) is 7.05. The number of rotatable bonds is 14. The zero-order valence-electron chi connectivity index (χ0n) is 20.6. The number of alkyl halides is 1. The number of hydrogen-bond donors (Lipinski definition) is 3. The van der Waals surface area contributed by atoms with Gasteiger partial charge in [0.15, 0.2) is 0 Å². The van der Waals surface area contributed by atoms with Crippen LogP contribution in [0.5, 0.6) is 0 Å². The summed E-state index contributed by atoms with van der Waals surface area (Å²) in [7, 11) is 0. The van der Waals surface area contributed by atoms with E-state index in [1.54, 1.807) is 12.1 Å². The van der Waals surface area contributed by atoms with Gasteiger partial charge in [0.2, 0.25) is 5.91 Å². The number of halogens is 3. The summed E-state index contributed by atoms with van der Waals surface area (Å²) in [4.78, 5) is 25.3. The molecule has 1 amide bonds. The molecule has 1 aliphatic carbocycles. The smallest absolute Gasteiger partial charge is 0.348 e. The molecule has 4 N–H and O–H groups in total. The summed E-state index contributed by atoms with van der Waals surface area (Å²) >= 11 is 20.3. The minimum absolute atomic E-state index is 0.181. The second-order valence-electron chi connectivity index (χ2n) is 10.0. The average Bonchev–Trinajstić information content (AvgIpc) is 3.46. The summed E-state index contributed by atoms with van der Waals surface area (Å²) in [5, 5.41) is 20.6. The van der Waals surface area contributed by atoms with Crippen molar-refractivity contribution in [2.24, 2.45) is 23.0 Å². The maximum atomic E-state index is 12.5. The monoisotopic (exact) mass is 589 g/mol. The fraction of sp³-hybridized carbons (Fsp3) is 0.556. The number of ether oxygens (including phenoxy) is 1. The lowest BCUT2D eigenvalue weighted by atomic mass is 9.86. The molecule has 37 heavy (non-hydrogen) atoms. The van der Waals surface area contributed by atoms with Gasteiger partial charge in [0.05, 0.1) is 18.6 Å². The number of esters is 1. The fourth-order valence-electron chi connectivity index (χ4n) is 5.08. The van der Waals surface area contributed by atoms with Crippen molar-refractivity contribution in [2.75, 3.05) is 19.8 Å². The Kier molecular flexibility index (Phi) is 11.6. The quantitative estimate of drug-likeness (QED) is 0.195. The molecular formula is C27H34Cl3NO5S. The molecule has 1 aromatic carbocycles. The first kappa shape index (κ1) is 30.2. The Morgan fingerprint density at radius 1 is 1.05 bits per heavy atom. The highest BCUT2D eigenvalue weighted by Crippen LogP contribution is 2.41. The van der Waals surface area contributed by atoms with Crippen LogP contribution in [0, 0.1) is 17.3 Å². The topological polar surface area (TPSA) is 110 Å². The van der Waals surface area contributed by atoms with Gasteiger partial charge in [-0.05, 0) is 92.7 Å². The van der Waals surface area contributed by atoms with Crippen LogP contribution in [-0.4, -0.2) is 47.3 Å². The van der Waals surface area contributed by atoms with Crippen molar-refractivity contribution in [1.82, 2.24) is 0 Å². The van der Waals surface area contributed by atoms with Crippen molar-refractivity contribution in [3.63, 3.8) is 0 Å². The van der Waals surface area contributed by atoms with E-state index < -0.39 is 30.5 Å². The summed E-state index contributed by atoms with van der Waals surface area (Å²) in [5.74, 6) is -0.219. The summed E-state index contributed by atoms with van der Waals surface area (Å²) in [6.45, 7) is -1.34. The highest BCUT2D eigenvalue weighted by molar-refractivity contribution is 7.13. The first-order valence-corrected chi connectivity index (χ1v) is 14.5. The maximum Gasteiger partial charge on any atom is 0.348 e. The molecule has 1 fully saturated rings. The molecule has 2 aromatic rings. The number of benzene rings is 1. The van der Waals surface area contributed by atoms with Crippen molar-refractivity contribution in [3.05, 3.63) is 55.7 Å². The van der Waals surface area contributed by atoms with E-state index in [1.165, 1.54) is 11.3 Å². The summed E-state index contributed by atoms with van der Waals surface area (Å²) in [5.41, 5.74) is 5.06. The number of carbonyl (C=O) groups excluding carboxylic acids is 2. The third kappa shape index (κ3) is 8.84. The first-order valence-electron chi connectivity index (χ1n) is 12.5. The number of carbonyl (C=O) groups is 2. The molecule has 0 bridgehead atoms. The lowest BCUT2D eigenvalue weighted by Crippen LogP contribution is -2.39. The van der Waals surface area contributed by atoms with Gasteiger partial charge in [0, 0.05) is 26.7 Å². The molecule has 3 unspecified atom stereocenters. The molecular weight excluding hydrogens is 557 g/mol. The molecule has 3 rings (SSSR count). The number of amides is 1. The van der Waals surface area contributed by atoms with Crippen molar-refractivity contribution >= 4 is 58.0 Å². The van der Waals surface area contributed by atoms with Crippen LogP contribution in [0.4, 0.5) is 0 Å². The molecule has 1 heterocycles. The summed E-state index contributed by atoms with van der Waals surface area (Å²) < 4.78 is 5.29. The second kappa shape index (κ2) is 14.2. The van der Waals surface area contributed by atoms with Gasteiger partial charge in [-0.3, -0.25) is 4.79 Å². The Labute approximate surface area is 237 Å². The Balaban J connectivity index is 1.47. The number of thiophene rings is 1. The lowest BCUT2D eigenvalue weighted by molar-refractivity contribution is -0.123. The van der Waals surface area contributed by atoms with Crippen LogP contribution < -0.4 is 5.73 Å². The van der Waals surface area contributed by atoms with Crippen LogP contribution in [0.3, 0.4) is 0 Å². The Bertz CT molecular complexity index is 1040. The number of primary amides is 1. The van der Waals surface area contributed by atoms with Crippen LogP contribution in [-0.2, 0) is 22.4 Å². The summed E-state index contributed by atoms with van der Waals surface area (Å²) in [6, 6.07) is 9.33. The Morgan fingerprint density at radius 3 is 2.41 bits per heavy atom. The van der Waals surface area contributed by atoms with Gasteiger partial charge in [-0.15, -0.1) is 22.9 Å². The van der Waals surface area contributed by atoms with E-state index in [9.17, 15) is 19.8 Å². The predicted molar refractivity (Wildman–Crippen MR) is 149 cm³/mol. The Morgan fingerprint density at radius 2 is 1.76 bits per heavy atom. The largest absolute Gasteiger partial charge is 0.461 e. The third-order valence-corrected chi connectivity index (χ3v) is 9.27. The van der Waals surface area contributed by atoms with Crippen molar-refractivity contribution < 1.29 is 24.5 Å². The van der Waals surface area contributed by atoms with Crippen molar-refractivity contribution in [3.8, 4) is 0 Å². The van der Waals surface area contributed by atoms with E-state index in [1.807, 2.05) is 18.2 Å². The summed E-state index contributed by atoms with van der Waals surface area (Å²) in [6.07, 6.45) is 6.69. The van der Waals surface area contributed by atoms with E-state index in [0.717, 1.165) is 55.4 Å². The second-order valence-corrected chi connectivity index (χ2v) is 12.6. The van der Waals surface area contributed by atoms with Crippen LogP contribution in [0.1, 0.15) is 58.6 Å². The highest BCUT2D eigenvalue weighted by atomic mass is 35.5. The van der Waals surface area contributed by atoms with Crippen LogP contribution in [0.2, 0.25) is 10.0 Å². The molecule has 6 nitrogen and oxygen atoms in total. The van der Waals surface area contributed by atoms with Crippen LogP contribution in [0.25, 0.3) is 0 Å². The van der Waals surface area contributed by atoms with Gasteiger partial charge in [-0.1, -0.05) is 23.2 Å². The maximum absolute atomic E-state index is 12.5. The lowest BCUT2D eigenvalue weighted by Gasteiger charge is -2.27. The zero-order valence-corrected chi connectivity index (χ0v) is 23.7. The molecule has 0 radical (unpaired) electrons. The van der Waals surface area contributed by atoms with E-state index in [2.05, 4.69) is 0 Å². The predicted octanol–water partition coefficient (Wildman–Crippen LogP) is 5.65. The zero-order chi connectivity index (χ0) is 27.0. The minimum Gasteiger partial charge on any atom is -0.461 e. The number of hydrogen-bond acceptors (Lipinski definition) is 6. The van der Waals surface area contributed by atoms with Crippen molar-refractivity contribution in [1.29, 1.82) is 0 Å². The average molecular weight is 591 g/mol.